The van der Waals surface area contributed by atoms with Crippen LogP contribution in [0.4, 0.5) is 5.69 Å². The van der Waals surface area contributed by atoms with Crippen LogP contribution in [0.3, 0.4) is 0 Å². The second-order valence-corrected chi connectivity index (χ2v) is 5.94. The molecule has 0 aromatic heterocycles. The van der Waals surface area contributed by atoms with E-state index in [9.17, 15) is 9.59 Å². The van der Waals surface area contributed by atoms with Crippen LogP contribution < -0.4 is 10.1 Å². The van der Waals surface area contributed by atoms with E-state index in [1.54, 1.807) is 36.3 Å². The van der Waals surface area contributed by atoms with Crippen molar-refractivity contribution in [2.45, 2.75) is 20.8 Å². The minimum atomic E-state index is -0.150. The number of hydrogen-bond donors (Lipinski definition) is 1. The Labute approximate surface area is 150 Å². The standard InChI is InChI=1S/C19H29N3O3/c1-6-21(14-19(24)22(7-2)12-15(3)4)13-18(23)20-16-8-10-17(25-5)11-9-16/h8-11H,3,6-7,12-14H2,1-2,4-5H3,(H,20,23). The van der Waals surface area contributed by atoms with Crippen molar-refractivity contribution in [3.63, 3.8) is 0 Å². The fourth-order valence-corrected chi connectivity index (χ4v) is 2.35. The Morgan fingerprint density at radius 1 is 1.08 bits per heavy atom. The van der Waals surface area contributed by atoms with Gasteiger partial charge in [-0.1, -0.05) is 19.1 Å². The molecular weight excluding hydrogens is 318 g/mol. The molecule has 0 fully saturated rings. The number of methoxy groups -OCH3 is 1. The Hall–Kier alpha value is -2.34. The molecule has 0 radical (unpaired) electrons. The molecule has 138 valence electrons. The van der Waals surface area contributed by atoms with Crippen LogP contribution >= 0.6 is 0 Å². The van der Waals surface area contributed by atoms with Gasteiger partial charge in [0.25, 0.3) is 0 Å². The molecule has 25 heavy (non-hydrogen) atoms. The number of nitrogens with zero attached hydrogens (tertiary/aromatic N) is 2. The molecule has 0 unspecified atom stereocenters. The van der Waals surface area contributed by atoms with E-state index in [-0.39, 0.29) is 24.9 Å². The van der Waals surface area contributed by atoms with Crippen molar-refractivity contribution in [1.29, 1.82) is 0 Å². The third-order valence-electron chi connectivity index (χ3n) is 3.74. The summed E-state index contributed by atoms with van der Waals surface area (Å²) in [5.74, 6) is 0.586. The molecule has 0 atom stereocenters. The van der Waals surface area contributed by atoms with Crippen LogP contribution in [0.25, 0.3) is 0 Å². The second kappa shape index (κ2) is 10.5. The molecular formula is C19H29N3O3. The van der Waals surface area contributed by atoms with Crippen LogP contribution in [0.2, 0.25) is 0 Å². The number of rotatable bonds is 10. The molecule has 1 aromatic rings. The van der Waals surface area contributed by atoms with E-state index in [4.69, 9.17) is 4.74 Å². The lowest BCUT2D eigenvalue weighted by atomic mass is 10.3. The van der Waals surface area contributed by atoms with Gasteiger partial charge in [0.1, 0.15) is 5.75 Å². The Bertz CT molecular complexity index is 584. The summed E-state index contributed by atoms with van der Waals surface area (Å²) in [6.45, 7) is 11.8. The van der Waals surface area contributed by atoms with Crippen LogP contribution in [0, 0.1) is 0 Å². The van der Waals surface area contributed by atoms with Gasteiger partial charge in [-0.3, -0.25) is 14.5 Å². The molecule has 2 amide bonds. The number of likely N-dealkylation sites (N-methyl/N-ethyl adjacent to an activating group) is 2. The van der Waals surface area contributed by atoms with E-state index in [1.807, 2.05) is 25.7 Å². The van der Waals surface area contributed by atoms with E-state index in [1.165, 1.54) is 0 Å². The van der Waals surface area contributed by atoms with Crippen molar-refractivity contribution < 1.29 is 14.3 Å². The first-order valence-electron chi connectivity index (χ1n) is 8.48. The molecule has 0 saturated carbocycles. The molecule has 0 spiro atoms. The predicted molar refractivity (Wildman–Crippen MR) is 101 cm³/mol. The maximum atomic E-state index is 12.4. The highest BCUT2D eigenvalue weighted by Crippen LogP contribution is 2.14. The normalized spacial score (nSPS) is 10.4. The average Bonchev–Trinajstić information content (AvgIpc) is 2.59. The van der Waals surface area contributed by atoms with Gasteiger partial charge in [-0.25, -0.2) is 0 Å². The summed E-state index contributed by atoms with van der Waals surface area (Å²) in [5.41, 5.74) is 1.64. The highest BCUT2D eigenvalue weighted by Gasteiger charge is 2.17. The smallest absolute Gasteiger partial charge is 0.238 e. The van der Waals surface area contributed by atoms with Crippen molar-refractivity contribution in [3.8, 4) is 5.75 Å². The first-order chi connectivity index (χ1) is 11.9. The Morgan fingerprint density at radius 3 is 2.20 bits per heavy atom. The minimum absolute atomic E-state index is 0.00426. The summed E-state index contributed by atoms with van der Waals surface area (Å²) < 4.78 is 5.09. The molecule has 0 heterocycles. The van der Waals surface area contributed by atoms with Crippen molar-refractivity contribution in [1.82, 2.24) is 9.80 Å². The largest absolute Gasteiger partial charge is 0.497 e. The molecule has 1 rings (SSSR count). The number of amides is 2. The van der Waals surface area contributed by atoms with Crippen LogP contribution in [0.1, 0.15) is 20.8 Å². The Kier molecular flexibility index (Phi) is 8.70. The summed E-state index contributed by atoms with van der Waals surface area (Å²) >= 11 is 0. The van der Waals surface area contributed by atoms with Gasteiger partial charge in [-0.05, 0) is 44.7 Å². The molecule has 0 aliphatic carbocycles. The molecule has 0 bridgehead atoms. The lowest BCUT2D eigenvalue weighted by Crippen LogP contribution is -2.43. The van der Waals surface area contributed by atoms with Crippen molar-refractivity contribution >= 4 is 17.5 Å². The topological polar surface area (TPSA) is 61.9 Å². The Balaban J connectivity index is 2.56. The average molecular weight is 347 g/mol. The molecule has 1 N–H and O–H groups in total. The number of hydrogen-bond acceptors (Lipinski definition) is 4. The summed E-state index contributed by atoms with van der Waals surface area (Å²) in [4.78, 5) is 28.2. The predicted octanol–water partition coefficient (Wildman–Crippen LogP) is 2.38. The fourth-order valence-electron chi connectivity index (χ4n) is 2.35. The molecule has 0 aliphatic rings. The van der Waals surface area contributed by atoms with E-state index in [0.717, 1.165) is 11.3 Å². The van der Waals surface area contributed by atoms with Crippen LogP contribution in [-0.2, 0) is 9.59 Å². The maximum absolute atomic E-state index is 12.4. The van der Waals surface area contributed by atoms with Gasteiger partial charge in [-0.2, -0.15) is 0 Å². The zero-order chi connectivity index (χ0) is 18.8. The maximum Gasteiger partial charge on any atom is 0.238 e. The van der Waals surface area contributed by atoms with Gasteiger partial charge in [0.2, 0.25) is 11.8 Å². The first kappa shape index (κ1) is 20.7. The van der Waals surface area contributed by atoms with Crippen LogP contribution in [-0.4, -0.2) is 61.4 Å². The van der Waals surface area contributed by atoms with Gasteiger partial charge in [-0.15, -0.1) is 0 Å². The zero-order valence-electron chi connectivity index (χ0n) is 15.7. The van der Waals surface area contributed by atoms with Crippen molar-refractivity contribution in [2.24, 2.45) is 0 Å². The zero-order valence-corrected chi connectivity index (χ0v) is 15.7. The van der Waals surface area contributed by atoms with E-state index in [2.05, 4.69) is 11.9 Å². The number of ether oxygens (including phenoxy) is 1. The second-order valence-electron chi connectivity index (χ2n) is 5.94. The highest BCUT2D eigenvalue weighted by molar-refractivity contribution is 5.92. The van der Waals surface area contributed by atoms with Gasteiger partial charge >= 0.3 is 0 Å². The number of anilines is 1. The van der Waals surface area contributed by atoms with Crippen molar-refractivity contribution in [3.05, 3.63) is 36.4 Å². The summed E-state index contributed by atoms with van der Waals surface area (Å²) in [7, 11) is 1.59. The summed E-state index contributed by atoms with van der Waals surface area (Å²) in [5, 5.41) is 2.83. The van der Waals surface area contributed by atoms with E-state index < -0.39 is 0 Å². The number of benzene rings is 1. The summed E-state index contributed by atoms with van der Waals surface area (Å²) in [6.07, 6.45) is 0. The third-order valence-corrected chi connectivity index (χ3v) is 3.74. The van der Waals surface area contributed by atoms with Gasteiger partial charge in [0.15, 0.2) is 0 Å². The molecule has 0 aliphatic heterocycles. The minimum Gasteiger partial charge on any atom is -0.497 e. The lowest BCUT2D eigenvalue weighted by molar-refractivity contribution is -0.132. The monoisotopic (exact) mass is 347 g/mol. The third kappa shape index (κ3) is 7.39. The van der Waals surface area contributed by atoms with Gasteiger partial charge < -0.3 is 15.0 Å². The van der Waals surface area contributed by atoms with Gasteiger partial charge in [0.05, 0.1) is 20.2 Å². The highest BCUT2D eigenvalue weighted by atomic mass is 16.5. The number of carbonyl (C=O) groups is 2. The lowest BCUT2D eigenvalue weighted by Gasteiger charge is -2.25. The van der Waals surface area contributed by atoms with E-state index >= 15 is 0 Å². The van der Waals surface area contributed by atoms with Crippen LogP contribution in [0.15, 0.2) is 36.4 Å². The number of carbonyl (C=O) groups excluding carboxylic acids is 2. The molecule has 1 aromatic carbocycles. The SMILES string of the molecule is C=C(C)CN(CC)C(=O)CN(CC)CC(=O)Nc1ccc(OC)cc1. The quantitative estimate of drug-likeness (QED) is 0.660. The molecule has 6 heteroatoms. The summed E-state index contributed by atoms with van der Waals surface area (Å²) in [6, 6.07) is 7.13. The fraction of sp³-hybridized carbons (Fsp3) is 0.474. The van der Waals surface area contributed by atoms with Crippen molar-refractivity contribution in [2.75, 3.05) is 45.2 Å². The molecule has 6 nitrogen and oxygen atoms in total. The van der Waals surface area contributed by atoms with Crippen LogP contribution in [0.5, 0.6) is 5.75 Å². The number of nitrogens with one attached hydrogen (secondary N) is 1. The van der Waals surface area contributed by atoms with E-state index in [0.29, 0.717) is 25.3 Å². The van der Waals surface area contributed by atoms with Gasteiger partial charge in [0, 0.05) is 18.8 Å². The molecule has 0 saturated heterocycles. The first-order valence-corrected chi connectivity index (χ1v) is 8.48. The Morgan fingerprint density at radius 2 is 1.72 bits per heavy atom.